The Hall–Kier alpha value is -1.81. The molecule has 0 spiro atoms. The molecule has 2 rings (SSSR count). The molecule has 0 N–H and O–H groups in total. The van der Waals surface area contributed by atoms with Crippen LogP contribution >= 0.6 is 11.6 Å². The van der Waals surface area contributed by atoms with Crippen LogP contribution in [0.1, 0.15) is 24.8 Å². The number of hydrogen-bond donors (Lipinski definition) is 0. The largest absolute Gasteiger partial charge is 0.465 e. The molecule has 0 aromatic heterocycles. The van der Waals surface area contributed by atoms with Crippen molar-refractivity contribution in [3.05, 3.63) is 47.5 Å². The molecule has 0 saturated carbocycles. The number of cyclic esters (lactones) is 1. The molecule has 1 saturated heterocycles. The van der Waals surface area contributed by atoms with E-state index in [0.717, 1.165) is 5.56 Å². The lowest BCUT2D eigenvalue weighted by atomic mass is 10.0. The van der Waals surface area contributed by atoms with Crippen molar-refractivity contribution >= 4 is 23.5 Å². The second-order valence-electron chi connectivity index (χ2n) is 5.35. The van der Waals surface area contributed by atoms with Gasteiger partial charge in [0.15, 0.2) is 0 Å². The number of ether oxygens (including phenoxy) is 1. The highest BCUT2D eigenvalue weighted by atomic mass is 35.5. The summed E-state index contributed by atoms with van der Waals surface area (Å²) in [4.78, 5) is 25.5. The fourth-order valence-corrected chi connectivity index (χ4v) is 2.69. The average molecular weight is 322 g/mol. The molecule has 1 aromatic rings. The third-order valence-electron chi connectivity index (χ3n) is 3.77. The van der Waals surface area contributed by atoms with Gasteiger partial charge in [0.1, 0.15) is 0 Å². The number of halogens is 1. The van der Waals surface area contributed by atoms with Crippen molar-refractivity contribution in [3.63, 3.8) is 0 Å². The second kappa shape index (κ2) is 7.99. The van der Waals surface area contributed by atoms with E-state index in [4.69, 9.17) is 16.3 Å². The standard InChI is InChI=1S/C17H20ClNO3/c1-2-10-19(12-14-5-3-4-6-15(14)18)16(20)8-7-13-9-11-22-17(13)21/h2-6,13H,1,7-12H2/t13-/m0/s1. The third kappa shape index (κ3) is 4.34. The van der Waals surface area contributed by atoms with Crippen molar-refractivity contribution in [2.45, 2.75) is 25.8 Å². The van der Waals surface area contributed by atoms with Crippen LogP contribution in [0.5, 0.6) is 0 Å². The van der Waals surface area contributed by atoms with Crippen LogP contribution in [0, 0.1) is 5.92 Å². The number of rotatable bonds is 7. The van der Waals surface area contributed by atoms with Crippen molar-refractivity contribution in [1.82, 2.24) is 4.90 Å². The number of carbonyl (C=O) groups excluding carboxylic acids is 2. The van der Waals surface area contributed by atoms with E-state index in [9.17, 15) is 9.59 Å². The lowest BCUT2D eigenvalue weighted by Gasteiger charge is -2.22. The van der Waals surface area contributed by atoms with Gasteiger partial charge in [-0.15, -0.1) is 6.58 Å². The summed E-state index contributed by atoms with van der Waals surface area (Å²) in [5, 5.41) is 0.642. The maximum Gasteiger partial charge on any atom is 0.309 e. The predicted octanol–water partition coefficient (Wildman–Crippen LogP) is 3.20. The molecule has 1 aromatic carbocycles. The number of carbonyl (C=O) groups is 2. The van der Waals surface area contributed by atoms with E-state index < -0.39 is 0 Å². The quantitative estimate of drug-likeness (QED) is 0.572. The lowest BCUT2D eigenvalue weighted by Crippen LogP contribution is -2.31. The molecule has 5 heteroatoms. The highest BCUT2D eigenvalue weighted by Crippen LogP contribution is 2.21. The van der Waals surface area contributed by atoms with Gasteiger partial charge in [-0.2, -0.15) is 0 Å². The molecule has 0 radical (unpaired) electrons. The molecular weight excluding hydrogens is 302 g/mol. The Bertz CT molecular complexity index is 559. The smallest absolute Gasteiger partial charge is 0.309 e. The molecule has 1 fully saturated rings. The normalized spacial score (nSPS) is 17.1. The van der Waals surface area contributed by atoms with Gasteiger partial charge in [-0.05, 0) is 24.5 Å². The fourth-order valence-electron chi connectivity index (χ4n) is 2.50. The van der Waals surface area contributed by atoms with Crippen LogP contribution in [-0.4, -0.2) is 29.9 Å². The first kappa shape index (κ1) is 16.6. The maximum atomic E-state index is 12.4. The highest BCUT2D eigenvalue weighted by molar-refractivity contribution is 6.31. The molecule has 1 heterocycles. The van der Waals surface area contributed by atoms with Crippen LogP contribution < -0.4 is 0 Å². The third-order valence-corrected chi connectivity index (χ3v) is 4.14. The fraction of sp³-hybridized carbons (Fsp3) is 0.412. The van der Waals surface area contributed by atoms with Crippen LogP contribution in [0.3, 0.4) is 0 Å². The zero-order valence-corrected chi connectivity index (χ0v) is 13.2. The number of nitrogens with zero attached hydrogens (tertiary/aromatic N) is 1. The molecule has 1 atom stereocenters. The minimum atomic E-state index is -0.186. The van der Waals surface area contributed by atoms with E-state index in [1.54, 1.807) is 11.0 Å². The van der Waals surface area contributed by atoms with Gasteiger partial charge in [0.05, 0.1) is 12.5 Å². The van der Waals surface area contributed by atoms with E-state index in [1.807, 2.05) is 24.3 Å². The van der Waals surface area contributed by atoms with Crippen molar-refractivity contribution in [1.29, 1.82) is 0 Å². The van der Waals surface area contributed by atoms with E-state index in [0.29, 0.717) is 44.0 Å². The van der Waals surface area contributed by atoms with E-state index in [-0.39, 0.29) is 17.8 Å². The van der Waals surface area contributed by atoms with E-state index in [1.165, 1.54) is 0 Å². The summed E-state index contributed by atoms with van der Waals surface area (Å²) >= 11 is 6.15. The highest BCUT2D eigenvalue weighted by Gasteiger charge is 2.27. The number of hydrogen-bond acceptors (Lipinski definition) is 3. The molecule has 1 aliphatic rings. The number of amides is 1. The Labute approximate surface area is 135 Å². The zero-order chi connectivity index (χ0) is 15.9. The summed E-state index contributed by atoms with van der Waals surface area (Å²) in [6, 6.07) is 7.46. The topological polar surface area (TPSA) is 46.6 Å². The summed E-state index contributed by atoms with van der Waals surface area (Å²) < 4.78 is 4.92. The number of benzene rings is 1. The summed E-state index contributed by atoms with van der Waals surface area (Å²) in [6.45, 7) is 5.06. The first-order chi connectivity index (χ1) is 10.6. The summed E-state index contributed by atoms with van der Waals surface area (Å²) in [6.07, 6.45) is 3.27. The molecule has 22 heavy (non-hydrogen) atoms. The molecule has 4 nitrogen and oxygen atoms in total. The van der Waals surface area contributed by atoms with Crippen LogP contribution in [0.2, 0.25) is 5.02 Å². The minimum Gasteiger partial charge on any atom is -0.465 e. The Kier molecular flexibility index (Phi) is 6.01. The second-order valence-corrected chi connectivity index (χ2v) is 5.75. The van der Waals surface area contributed by atoms with Gasteiger partial charge < -0.3 is 9.64 Å². The zero-order valence-electron chi connectivity index (χ0n) is 12.5. The summed E-state index contributed by atoms with van der Waals surface area (Å²) in [5.41, 5.74) is 0.902. The SMILES string of the molecule is C=CCN(Cc1ccccc1Cl)C(=O)CC[C@H]1CCOC1=O. The Balaban J connectivity index is 1.94. The van der Waals surface area contributed by atoms with Crippen molar-refractivity contribution in [2.75, 3.05) is 13.2 Å². The van der Waals surface area contributed by atoms with Gasteiger partial charge in [-0.25, -0.2) is 0 Å². The molecule has 1 amide bonds. The Morgan fingerprint density at radius 3 is 2.86 bits per heavy atom. The van der Waals surface area contributed by atoms with E-state index in [2.05, 4.69) is 6.58 Å². The molecule has 1 aliphatic heterocycles. The van der Waals surface area contributed by atoms with Gasteiger partial charge in [-0.3, -0.25) is 9.59 Å². The van der Waals surface area contributed by atoms with E-state index >= 15 is 0 Å². The van der Waals surface area contributed by atoms with Crippen molar-refractivity contribution in [3.8, 4) is 0 Å². The molecule has 0 aliphatic carbocycles. The number of esters is 1. The van der Waals surface area contributed by atoms with Crippen LogP contribution in [0.15, 0.2) is 36.9 Å². The molecular formula is C17H20ClNO3. The van der Waals surface area contributed by atoms with Gasteiger partial charge in [0.2, 0.25) is 5.91 Å². The molecule has 118 valence electrons. The molecule has 0 bridgehead atoms. The minimum absolute atomic E-state index is 0.000445. The van der Waals surface area contributed by atoms with Gasteiger partial charge >= 0.3 is 5.97 Å². The average Bonchev–Trinajstić information content (AvgIpc) is 2.92. The van der Waals surface area contributed by atoms with Gasteiger partial charge in [0, 0.05) is 24.5 Å². The van der Waals surface area contributed by atoms with Crippen LogP contribution in [0.4, 0.5) is 0 Å². The van der Waals surface area contributed by atoms with Crippen LogP contribution in [-0.2, 0) is 20.9 Å². The van der Waals surface area contributed by atoms with Crippen LogP contribution in [0.25, 0.3) is 0 Å². The predicted molar refractivity (Wildman–Crippen MR) is 85.4 cm³/mol. The lowest BCUT2D eigenvalue weighted by molar-refractivity contribution is -0.141. The Morgan fingerprint density at radius 2 is 2.23 bits per heavy atom. The van der Waals surface area contributed by atoms with Gasteiger partial charge in [0.25, 0.3) is 0 Å². The first-order valence-corrected chi connectivity index (χ1v) is 7.78. The van der Waals surface area contributed by atoms with Crippen molar-refractivity contribution in [2.24, 2.45) is 5.92 Å². The Morgan fingerprint density at radius 1 is 1.45 bits per heavy atom. The summed E-state index contributed by atoms with van der Waals surface area (Å²) in [5.74, 6) is -0.330. The maximum absolute atomic E-state index is 12.4. The van der Waals surface area contributed by atoms with Crippen molar-refractivity contribution < 1.29 is 14.3 Å². The monoisotopic (exact) mass is 321 g/mol. The first-order valence-electron chi connectivity index (χ1n) is 7.40. The molecule has 0 unspecified atom stereocenters. The summed E-state index contributed by atoms with van der Waals surface area (Å²) in [7, 11) is 0. The van der Waals surface area contributed by atoms with Gasteiger partial charge in [-0.1, -0.05) is 35.9 Å².